The Hall–Kier alpha value is -1.37. The van der Waals surface area contributed by atoms with Crippen LogP contribution in [-0.2, 0) is 23.3 Å². The van der Waals surface area contributed by atoms with Crippen LogP contribution in [0.15, 0.2) is 77.4 Å². The van der Waals surface area contributed by atoms with Gasteiger partial charge in [-0.05, 0) is 6.92 Å². The van der Waals surface area contributed by atoms with Gasteiger partial charge in [0.2, 0.25) is 0 Å². The molecule has 29 heavy (non-hydrogen) atoms. The second kappa shape index (κ2) is 13.0. The van der Waals surface area contributed by atoms with E-state index in [0.29, 0.717) is 5.92 Å². The topological polar surface area (TPSA) is 0 Å². The molecule has 4 rings (SSSR count). The predicted molar refractivity (Wildman–Crippen MR) is 128 cm³/mol. The SMILES string of the molecule is CC1=[C-]C(C)C(C)=C1C.Cc1ccccc1-c1c[cH-]c2ccccc12.[CH3-].[CH3-].[Si]=[Zr]. The maximum atomic E-state index is 3.36. The van der Waals surface area contributed by atoms with Gasteiger partial charge in [0.15, 0.2) is 0 Å². The molecule has 2 radical (unpaired) electrons. The fourth-order valence-corrected chi connectivity index (χ4v) is 3.42. The molecular weight excluding hydrogens is 444 g/mol. The Kier molecular flexibility index (Phi) is 12.4. The molecule has 1 aliphatic rings. The molecule has 0 fully saturated rings. The van der Waals surface area contributed by atoms with E-state index in [0.717, 1.165) is 0 Å². The summed E-state index contributed by atoms with van der Waals surface area (Å²) in [5.74, 6) is 0.560. The van der Waals surface area contributed by atoms with Crippen LogP contribution in [-0.4, -0.2) is 6.88 Å². The van der Waals surface area contributed by atoms with Crippen molar-refractivity contribution in [1.29, 1.82) is 0 Å². The van der Waals surface area contributed by atoms with Crippen molar-refractivity contribution in [1.82, 2.24) is 0 Å². The fourth-order valence-electron chi connectivity index (χ4n) is 3.42. The summed E-state index contributed by atoms with van der Waals surface area (Å²) in [5, 5.41) is 2.66. The molecule has 0 nitrogen and oxygen atoms in total. The molecule has 0 saturated carbocycles. The Bertz CT molecular complexity index is 975. The van der Waals surface area contributed by atoms with E-state index in [4.69, 9.17) is 0 Å². The van der Waals surface area contributed by atoms with Gasteiger partial charge in [-0.3, -0.25) is 6.08 Å². The Morgan fingerprint density at radius 1 is 0.862 bits per heavy atom. The molecule has 0 N–H and O–H groups in total. The first-order chi connectivity index (χ1) is 13.0. The van der Waals surface area contributed by atoms with Crippen molar-refractivity contribution in [3.63, 3.8) is 0 Å². The predicted octanol–water partition coefficient (Wildman–Crippen LogP) is 7.77. The van der Waals surface area contributed by atoms with Gasteiger partial charge < -0.3 is 14.9 Å². The van der Waals surface area contributed by atoms with Gasteiger partial charge >= 0.3 is 30.2 Å². The Morgan fingerprint density at radius 2 is 1.45 bits per heavy atom. The molecule has 0 spiro atoms. The first-order valence-electron chi connectivity index (χ1n) is 9.22. The quantitative estimate of drug-likeness (QED) is 0.249. The summed E-state index contributed by atoms with van der Waals surface area (Å²) < 4.78 is 0. The van der Waals surface area contributed by atoms with Crippen molar-refractivity contribution in [2.24, 2.45) is 5.92 Å². The van der Waals surface area contributed by atoms with E-state index >= 15 is 0 Å². The molecule has 0 amide bonds. The van der Waals surface area contributed by atoms with Gasteiger partial charge in [-0.1, -0.05) is 68.1 Å². The first-order valence-corrected chi connectivity index (χ1v) is 13.4. The van der Waals surface area contributed by atoms with Crippen LogP contribution < -0.4 is 0 Å². The van der Waals surface area contributed by atoms with Crippen LogP contribution in [0.1, 0.15) is 33.3 Å². The number of aryl methyl sites for hydroxylation is 1. The molecule has 0 heterocycles. The number of fused-ring (bicyclic) bond motifs is 1. The monoisotopic (exact) mass is 474 g/mol. The minimum atomic E-state index is 0. The van der Waals surface area contributed by atoms with Gasteiger partial charge in [0, 0.05) is 0 Å². The van der Waals surface area contributed by atoms with Crippen LogP contribution in [0.2, 0.25) is 0 Å². The molecule has 1 unspecified atom stereocenters. The van der Waals surface area contributed by atoms with Gasteiger partial charge in [0.1, 0.15) is 0 Å². The van der Waals surface area contributed by atoms with Crippen LogP contribution in [0.3, 0.4) is 0 Å². The van der Waals surface area contributed by atoms with Gasteiger partial charge in [-0.15, -0.1) is 53.6 Å². The first kappa shape index (κ1) is 27.6. The molecule has 2 heteroatoms. The van der Waals surface area contributed by atoms with Crippen molar-refractivity contribution < 1.29 is 23.3 Å². The van der Waals surface area contributed by atoms with E-state index in [2.05, 4.69) is 108 Å². The third-order valence-corrected chi connectivity index (χ3v) is 5.35. The summed E-state index contributed by atoms with van der Waals surface area (Å²) in [6.07, 6.45) is 3.36. The zero-order chi connectivity index (χ0) is 20.0. The summed E-state index contributed by atoms with van der Waals surface area (Å²) in [6.45, 7) is 13.9. The number of hydrogen-bond acceptors (Lipinski definition) is 0. The molecule has 0 aromatic heterocycles. The fraction of sp³-hybridized carbons (Fsp3) is 0.222. The van der Waals surface area contributed by atoms with E-state index in [-0.39, 0.29) is 14.9 Å². The second-order valence-corrected chi connectivity index (χ2v) is 6.95. The maximum absolute atomic E-state index is 3.36. The van der Waals surface area contributed by atoms with Crippen molar-refractivity contribution >= 4 is 17.7 Å². The normalized spacial score (nSPS) is 14.5. The van der Waals surface area contributed by atoms with Crippen molar-refractivity contribution in [2.75, 3.05) is 0 Å². The molecule has 0 bridgehead atoms. The summed E-state index contributed by atoms with van der Waals surface area (Å²) in [4.78, 5) is 0. The number of allylic oxidation sites excluding steroid dienone is 4. The zero-order valence-corrected chi connectivity index (χ0v) is 22.3. The molecule has 0 saturated heterocycles. The van der Waals surface area contributed by atoms with Crippen LogP contribution in [0.5, 0.6) is 0 Å². The number of hydrogen-bond donors (Lipinski definition) is 0. The average molecular weight is 476 g/mol. The van der Waals surface area contributed by atoms with Crippen LogP contribution in [0.25, 0.3) is 21.9 Å². The third kappa shape index (κ3) is 6.56. The standard InChI is InChI=1S/C16H13.C9H13.2CH3.Si.Zr/c1-12-6-2-4-8-14(12)16-11-10-13-7-3-5-9-15(13)16;1-6-5-7(2)9(4)8(6)3;;;;/h2-11H,1H3;6H,1-4H3;2*1H3;;/q4*-1;;. The van der Waals surface area contributed by atoms with E-state index in [1.807, 2.05) is 0 Å². The van der Waals surface area contributed by atoms with Crippen LogP contribution in [0.4, 0.5) is 0 Å². The van der Waals surface area contributed by atoms with Crippen molar-refractivity contribution in [3.8, 4) is 11.1 Å². The van der Waals surface area contributed by atoms with Gasteiger partial charge in [0.25, 0.3) is 0 Å². The molecule has 152 valence electrons. The van der Waals surface area contributed by atoms with Crippen molar-refractivity contribution in [2.45, 2.75) is 34.6 Å². The molecule has 3 aromatic rings. The van der Waals surface area contributed by atoms with Crippen LogP contribution in [0, 0.1) is 33.8 Å². The number of benzene rings is 2. The molecule has 0 aliphatic heterocycles. The Morgan fingerprint density at radius 3 is 1.97 bits per heavy atom. The Balaban J connectivity index is 0.000000524. The molecule has 1 aliphatic carbocycles. The minimum absolute atomic E-state index is 0. The molecule has 3 aromatic carbocycles. The van der Waals surface area contributed by atoms with E-state index < -0.39 is 0 Å². The van der Waals surface area contributed by atoms with Crippen molar-refractivity contribution in [3.05, 3.63) is 104 Å². The molecular formula is C27H32SiZr-4. The molecule has 1 atom stereocenters. The van der Waals surface area contributed by atoms with Gasteiger partial charge in [0.05, 0.1) is 0 Å². The summed E-state index contributed by atoms with van der Waals surface area (Å²) in [7, 11) is 0. The Labute approximate surface area is 195 Å². The van der Waals surface area contributed by atoms with Gasteiger partial charge in [-0.25, -0.2) is 5.57 Å². The average Bonchev–Trinajstić information content (AvgIpc) is 3.21. The number of rotatable bonds is 1. The van der Waals surface area contributed by atoms with E-state index in [9.17, 15) is 0 Å². The van der Waals surface area contributed by atoms with E-state index in [1.165, 1.54) is 67.5 Å². The zero-order valence-electron chi connectivity index (χ0n) is 18.9. The summed E-state index contributed by atoms with van der Waals surface area (Å²) in [6, 6.07) is 21.5. The van der Waals surface area contributed by atoms with Crippen LogP contribution >= 0.6 is 0 Å². The summed E-state index contributed by atoms with van der Waals surface area (Å²) >= 11 is 1.36. The third-order valence-electron chi connectivity index (χ3n) is 5.35. The van der Waals surface area contributed by atoms with E-state index in [1.54, 1.807) is 0 Å². The summed E-state index contributed by atoms with van der Waals surface area (Å²) in [5.41, 5.74) is 8.26. The van der Waals surface area contributed by atoms with Gasteiger partial charge in [-0.2, -0.15) is 11.1 Å². The second-order valence-electron chi connectivity index (χ2n) is 6.95.